The van der Waals surface area contributed by atoms with E-state index in [1.165, 1.54) is 10.5 Å². The lowest BCUT2D eigenvalue weighted by atomic mass is 9.93. The Morgan fingerprint density at radius 2 is 1.64 bits per heavy atom. The Balaban J connectivity index is 2.06. The van der Waals surface area contributed by atoms with Gasteiger partial charge in [-0.15, -0.1) is 0 Å². The second-order valence-corrected chi connectivity index (χ2v) is 9.13. The molecule has 2 aromatic rings. The van der Waals surface area contributed by atoms with E-state index in [1.54, 1.807) is 11.8 Å². The van der Waals surface area contributed by atoms with Gasteiger partial charge in [-0.3, -0.25) is 0 Å². The molecule has 0 aliphatic carbocycles. The molecule has 2 aromatic carbocycles. The summed E-state index contributed by atoms with van der Waals surface area (Å²) in [5, 5.41) is 4.97. The Morgan fingerprint density at radius 3 is 2.28 bits per heavy atom. The lowest BCUT2D eigenvalue weighted by molar-refractivity contribution is 0.232. The molecular formula is C20H26Cl2N2S. The number of nitrogens with zero attached hydrogens (tertiary/aromatic N) is 1. The van der Waals surface area contributed by atoms with Gasteiger partial charge < -0.3 is 10.2 Å². The van der Waals surface area contributed by atoms with Crippen molar-refractivity contribution in [1.82, 2.24) is 10.2 Å². The van der Waals surface area contributed by atoms with Crippen LogP contribution in [0.15, 0.2) is 52.3 Å². The summed E-state index contributed by atoms with van der Waals surface area (Å²) in [5.74, 6) is 0. The third-order valence-electron chi connectivity index (χ3n) is 3.77. The Kier molecular flexibility index (Phi) is 7.66. The first-order valence-electron chi connectivity index (χ1n) is 8.34. The Hall–Kier alpha value is -0.710. The van der Waals surface area contributed by atoms with Gasteiger partial charge in [0, 0.05) is 29.4 Å². The largest absolute Gasteiger partial charge is 0.312 e. The quantitative estimate of drug-likeness (QED) is 0.604. The van der Waals surface area contributed by atoms with Crippen molar-refractivity contribution in [3.8, 4) is 0 Å². The average Bonchev–Trinajstić information content (AvgIpc) is 2.51. The van der Waals surface area contributed by atoms with Crippen molar-refractivity contribution in [2.75, 3.05) is 27.2 Å². The predicted molar refractivity (Wildman–Crippen MR) is 111 cm³/mol. The summed E-state index contributed by atoms with van der Waals surface area (Å²) in [6.07, 6.45) is 0. The van der Waals surface area contributed by atoms with Crippen molar-refractivity contribution in [2.24, 2.45) is 5.41 Å². The molecule has 2 nitrogen and oxygen atoms in total. The molecule has 0 aliphatic rings. The third-order valence-corrected chi connectivity index (χ3v) is 5.88. The first kappa shape index (κ1) is 20.6. The van der Waals surface area contributed by atoms with Gasteiger partial charge in [0.1, 0.15) is 0 Å². The number of benzene rings is 2. The third kappa shape index (κ3) is 6.50. The normalized spacial score (nSPS) is 12.0. The number of nitrogens with one attached hydrogen (secondary N) is 1. The van der Waals surface area contributed by atoms with E-state index in [4.69, 9.17) is 23.2 Å². The van der Waals surface area contributed by atoms with Crippen LogP contribution in [-0.4, -0.2) is 32.1 Å². The molecule has 5 heteroatoms. The minimum Gasteiger partial charge on any atom is -0.312 e. The second-order valence-electron chi connectivity index (χ2n) is 7.27. The summed E-state index contributed by atoms with van der Waals surface area (Å²) in [4.78, 5) is 4.31. The first-order chi connectivity index (χ1) is 11.8. The SMILES string of the molecule is CN(C)CC(C)(C)CNCc1ccccc1Sc1c(Cl)cccc1Cl. The van der Waals surface area contributed by atoms with Crippen LogP contribution in [0.2, 0.25) is 10.0 Å². The molecular weight excluding hydrogens is 371 g/mol. The highest BCUT2D eigenvalue weighted by atomic mass is 35.5. The van der Waals surface area contributed by atoms with Crippen LogP contribution in [0, 0.1) is 5.41 Å². The maximum Gasteiger partial charge on any atom is 0.0560 e. The van der Waals surface area contributed by atoms with Crippen molar-refractivity contribution in [3.63, 3.8) is 0 Å². The molecule has 0 fully saturated rings. The van der Waals surface area contributed by atoms with Crippen molar-refractivity contribution < 1.29 is 0 Å². The fourth-order valence-electron chi connectivity index (χ4n) is 2.89. The van der Waals surface area contributed by atoms with Crippen molar-refractivity contribution in [1.29, 1.82) is 0 Å². The Bertz CT molecular complexity index is 682. The molecule has 1 N–H and O–H groups in total. The van der Waals surface area contributed by atoms with Crippen LogP contribution in [0.5, 0.6) is 0 Å². The van der Waals surface area contributed by atoms with Gasteiger partial charge in [-0.05, 0) is 43.3 Å². The van der Waals surface area contributed by atoms with E-state index in [-0.39, 0.29) is 5.41 Å². The monoisotopic (exact) mass is 396 g/mol. The molecule has 0 unspecified atom stereocenters. The number of rotatable bonds is 8. The van der Waals surface area contributed by atoms with Crippen LogP contribution in [0.3, 0.4) is 0 Å². The fraction of sp³-hybridized carbons (Fsp3) is 0.400. The molecule has 0 heterocycles. The van der Waals surface area contributed by atoms with Gasteiger partial charge in [-0.1, -0.05) is 73.1 Å². The van der Waals surface area contributed by atoms with E-state index in [9.17, 15) is 0 Å². The lowest BCUT2D eigenvalue weighted by Crippen LogP contribution is -2.37. The van der Waals surface area contributed by atoms with E-state index in [0.29, 0.717) is 10.0 Å². The van der Waals surface area contributed by atoms with Gasteiger partial charge in [0.2, 0.25) is 0 Å². The topological polar surface area (TPSA) is 15.3 Å². The van der Waals surface area contributed by atoms with Gasteiger partial charge in [0.15, 0.2) is 0 Å². The summed E-state index contributed by atoms with van der Waals surface area (Å²) >= 11 is 14.3. The standard InChI is InChI=1S/C20H26Cl2N2S/c1-20(2,14-24(3)4)13-23-12-15-8-5-6-11-18(15)25-19-16(21)9-7-10-17(19)22/h5-11,23H,12-14H2,1-4H3. The maximum atomic E-state index is 6.32. The fourth-order valence-corrected chi connectivity index (χ4v) is 4.48. The van der Waals surface area contributed by atoms with Gasteiger partial charge in [-0.2, -0.15) is 0 Å². The molecule has 0 radical (unpaired) electrons. The van der Waals surface area contributed by atoms with E-state index in [0.717, 1.165) is 24.5 Å². The average molecular weight is 397 g/mol. The molecule has 0 saturated carbocycles. The summed E-state index contributed by atoms with van der Waals surface area (Å²) in [5.41, 5.74) is 1.47. The molecule has 136 valence electrons. The van der Waals surface area contributed by atoms with Crippen molar-refractivity contribution in [2.45, 2.75) is 30.2 Å². The Morgan fingerprint density at radius 1 is 1.00 bits per heavy atom. The number of hydrogen-bond donors (Lipinski definition) is 1. The predicted octanol–water partition coefficient (Wildman–Crippen LogP) is 5.82. The molecule has 0 atom stereocenters. The minimum absolute atomic E-state index is 0.220. The van der Waals surface area contributed by atoms with E-state index >= 15 is 0 Å². The highest BCUT2D eigenvalue weighted by molar-refractivity contribution is 7.99. The van der Waals surface area contributed by atoms with Gasteiger partial charge >= 0.3 is 0 Å². The van der Waals surface area contributed by atoms with Crippen LogP contribution in [0.4, 0.5) is 0 Å². The van der Waals surface area contributed by atoms with Crippen LogP contribution < -0.4 is 5.32 Å². The lowest BCUT2D eigenvalue weighted by Gasteiger charge is -2.28. The smallest absolute Gasteiger partial charge is 0.0560 e. The highest BCUT2D eigenvalue weighted by Gasteiger charge is 2.18. The Labute approximate surface area is 165 Å². The second kappa shape index (κ2) is 9.29. The molecule has 0 spiro atoms. The van der Waals surface area contributed by atoms with Crippen LogP contribution in [0.1, 0.15) is 19.4 Å². The summed E-state index contributed by atoms with van der Waals surface area (Å²) in [7, 11) is 4.22. The van der Waals surface area contributed by atoms with Crippen LogP contribution >= 0.6 is 35.0 Å². The number of halogens is 2. The van der Waals surface area contributed by atoms with Crippen molar-refractivity contribution >= 4 is 35.0 Å². The molecule has 0 aromatic heterocycles. The summed E-state index contributed by atoms with van der Waals surface area (Å²) < 4.78 is 0. The molecule has 2 rings (SSSR count). The van der Waals surface area contributed by atoms with Crippen molar-refractivity contribution in [3.05, 3.63) is 58.1 Å². The van der Waals surface area contributed by atoms with Crippen LogP contribution in [0.25, 0.3) is 0 Å². The summed E-state index contributed by atoms with van der Waals surface area (Å²) in [6, 6.07) is 14.0. The van der Waals surface area contributed by atoms with Gasteiger partial charge in [-0.25, -0.2) is 0 Å². The zero-order valence-electron chi connectivity index (χ0n) is 15.3. The van der Waals surface area contributed by atoms with E-state index in [1.807, 2.05) is 24.3 Å². The zero-order chi connectivity index (χ0) is 18.4. The van der Waals surface area contributed by atoms with E-state index in [2.05, 4.69) is 56.4 Å². The van der Waals surface area contributed by atoms with E-state index < -0.39 is 0 Å². The molecule has 0 amide bonds. The molecule has 0 saturated heterocycles. The van der Waals surface area contributed by atoms with Gasteiger partial charge in [0.05, 0.1) is 10.0 Å². The molecule has 0 bridgehead atoms. The van der Waals surface area contributed by atoms with Gasteiger partial charge in [0.25, 0.3) is 0 Å². The minimum atomic E-state index is 0.220. The molecule has 25 heavy (non-hydrogen) atoms. The first-order valence-corrected chi connectivity index (χ1v) is 9.91. The van der Waals surface area contributed by atoms with Crippen LogP contribution in [-0.2, 0) is 6.54 Å². The maximum absolute atomic E-state index is 6.32. The highest BCUT2D eigenvalue weighted by Crippen LogP contribution is 2.39. The zero-order valence-corrected chi connectivity index (χ0v) is 17.6. The molecule has 0 aliphatic heterocycles. The summed E-state index contributed by atoms with van der Waals surface area (Å²) in [6.45, 7) is 7.39. The number of hydrogen-bond acceptors (Lipinski definition) is 3.